The molecular formula is C16H12N2O2S. The number of hydrogen-bond donors (Lipinski definition) is 2. The molecule has 0 spiro atoms. The molecule has 0 radical (unpaired) electrons. The fourth-order valence-electron chi connectivity index (χ4n) is 1.87. The van der Waals surface area contributed by atoms with Crippen LogP contribution in [0.1, 0.15) is 10.5 Å². The molecule has 0 aliphatic rings. The van der Waals surface area contributed by atoms with E-state index in [9.17, 15) is 9.90 Å². The molecule has 0 atom stereocenters. The van der Waals surface area contributed by atoms with Crippen LogP contribution in [0.5, 0.6) is 5.75 Å². The van der Waals surface area contributed by atoms with Gasteiger partial charge in [0.2, 0.25) is 0 Å². The van der Waals surface area contributed by atoms with Crippen LogP contribution in [0.2, 0.25) is 0 Å². The number of phenolic OH excluding ortho intramolecular Hbond substituents is 1. The Hall–Kier alpha value is -2.66. The van der Waals surface area contributed by atoms with Gasteiger partial charge < -0.3 is 10.4 Å². The van der Waals surface area contributed by atoms with E-state index in [2.05, 4.69) is 10.3 Å². The van der Waals surface area contributed by atoms with Gasteiger partial charge in [-0.1, -0.05) is 36.4 Å². The monoisotopic (exact) mass is 296 g/mol. The Kier molecular flexibility index (Phi) is 3.66. The molecule has 21 heavy (non-hydrogen) atoms. The minimum Gasteiger partial charge on any atom is -0.508 e. The zero-order valence-corrected chi connectivity index (χ0v) is 11.8. The lowest BCUT2D eigenvalue weighted by molar-refractivity contribution is 0.102. The van der Waals surface area contributed by atoms with Crippen LogP contribution in [-0.4, -0.2) is 16.0 Å². The summed E-state index contributed by atoms with van der Waals surface area (Å²) in [7, 11) is 0. The Morgan fingerprint density at radius 2 is 1.90 bits per heavy atom. The molecule has 0 unspecified atom stereocenters. The number of phenols is 1. The predicted molar refractivity (Wildman–Crippen MR) is 83.6 cm³/mol. The summed E-state index contributed by atoms with van der Waals surface area (Å²) in [6.45, 7) is 0. The van der Waals surface area contributed by atoms with E-state index in [4.69, 9.17) is 0 Å². The van der Waals surface area contributed by atoms with E-state index in [1.54, 1.807) is 23.6 Å². The number of hydrogen-bond acceptors (Lipinski definition) is 4. The molecule has 2 N–H and O–H groups in total. The summed E-state index contributed by atoms with van der Waals surface area (Å²) in [5.74, 6) is -0.185. The molecule has 0 bridgehead atoms. The Labute approximate surface area is 125 Å². The van der Waals surface area contributed by atoms with Gasteiger partial charge in [0.25, 0.3) is 5.91 Å². The van der Waals surface area contributed by atoms with Gasteiger partial charge in [-0.3, -0.25) is 4.79 Å². The molecule has 0 saturated heterocycles. The first-order chi connectivity index (χ1) is 10.2. The Morgan fingerprint density at radius 1 is 1.10 bits per heavy atom. The van der Waals surface area contributed by atoms with E-state index in [1.807, 2.05) is 30.3 Å². The highest BCUT2D eigenvalue weighted by Gasteiger charge is 2.12. The second-order valence-electron chi connectivity index (χ2n) is 4.41. The lowest BCUT2D eigenvalue weighted by atomic mass is 10.2. The number of anilines is 1. The maximum absolute atomic E-state index is 12.1. The first kappa shape index (κ1) is 13.3. The SMILES string of the molecule is O=C(Nc1cccc(O)c1)c1csc(-c2ccccc2)n1. The lowest BCUT2D eigenvalue weighted by Crippen LogP contribution is -2.12. The van der Waals surface area contributed by atoms with Crippen LogP contribution in [0, 0.1) is 0 Å². The van der Waals surface area contributed by atoms with Crippen LogP contribution in [0.3, 0.4) is 0 Å². The molecule has 0 aliphatic heterocycles. The Bertz CT molecular complexity index is 769. The third-order valence-electron chi connectivity index (χ3n) is 2.86. The normalized spacial score (nSPS) is 10.3. The van der Waals surface area contributed by atoms with Crippen LogP contribution < -0.4 is 5.32 Å². The number of thiazole rings is 1. The van der Waals surface area contributed by atoms with E-state index in [0.717, 1.165) is 10.6 Å². The van der Waals surface area contributed by atoms with Gasteiger partial charge in [-0.2, -0.15) is 0 Å². The highest BCUT2D eigenvalue weighted by atomic mass is 32.1. The van der Waals surface area contributed by atoms with E-state index < -0.39 is 0 Å². The largest absolute Gasteiger partial charge is 0.508 e. The molecule has 3 aromatic rings. The number of rotatable bonds is 3. The van der Waals surface area contributed by atoms with Crippen LogP contribution in [0.25, 0.3) is 10.6 Å². The number of aromatic nitrogens is 1. The first-order valence-corrected chi connectivity index (χ1v) is 7.22. The average molecular weight is 296 g/mol. The van der Waals surface area contributed by atoms with Crippen molar-refractivity contribution in [3.8, 4) is 16.3 Å². The molecule has 0 aliphatic carbocycles. The zero-order valence-electron chi connectivity index (χ0n) is 11.0. The smallest absolute Gasteiger partial charge is 0.275 e. The van der Waals surface area contributed by atoms with Crippen molar-refractivity contribution < 1.29 is 9.90 Å². The van der Waals surface area contributed by atoms with Crippen molar-refractivity contribution in [1.29, 1.82) is 0 Å². The fourth-order valence-corrected chi connectivity index (χ4v) is 2.68. The molecule has 5 heteroatoms. The number of nitrogens with one attached hydrogen (secondary N) is 1. The van der Waals surface area contributed by atoms with Gasteiger partial charge in [0.05, 0.1) is 0 Å². The van der Waals surface area contributed by atoms with Crippen LogP contribution >= 0.6 is 11.3 Å². The third-order valence-corrected chi connectivity index (χ3v) is 3.75. The molecular weight excluding hydrogens is 284 g/mol. The van der Waals surface area contributed by atoms with E-state index in [-0.39, 0.29) is 11.7 Å². The summed E-state index contributed by atoms with van der Waals surface area (Å²) in [6, 6.07) is 16.1. The minimum absolute atomic E-state index is 0.107. The van der Waals surface area contributed by atoms with E-state index in [0.29, 0.717) is 11.4 Å². The van der Waals surface area contributed by atoms with E-state index in [1.165, 1.54) is 17.4 Å². The molecule has 1 amide bonds. The second-order valence-corrected chi connectivity index (χ2v) is 5.27. The van der Waals surface area contributed by atoms with Crippen molar-refractivity contribution in [2.75, 3.05) is 5.32 Å². The number of benzene rings is 2. The summed E-state index contributed by atoms with van der Waals surface area (Å²) < 4.78 is 0. The average Bonchev–Trinajstić information content (AvgIpc) is 2.98. The van der Waals surface area contributed by atoms with Crippen molar-refractivity contribution in [3.05, 3.63) is 65.7 Å². The number of nitrogens with zero attached hydrogens (tertiary/aromatic N) is 1. The number of carbonyl (C=O) groups is 1. The van der Waals surface area contributed by atoms with Crippen molar-refractivity contribution in [3.63, 3.8) is 0 Å². The van der Waals surface area contributed by atoms with Gasteiger partial charge in [-0.25, -0.2) is 4.98 Å². The molecule has 0 fully saturated rings. The highest BCUT2D eigenvalue weighted by molar-refractivity contribution is 7.13. The van der Waals surface area contributed by atoms with Crippen molar-refractivity contribution in [2.45, 2.75) is 0 Å². The molecule has 2 aromatic carbocycles. The third kappa shape index (κ3) is 3.09. The van der Waals surface area contributed by atoms with Gasteiger partial charge in [-0.15, -0.1) is 11.3 Å². The van der Waals surface area contributed by atoms with Crippen LogP contribution in [0.15, 0.2) is 60.0 Å². The minimum atomic E-state index is -0.293. The second kappa shape index (κ2) is 5.76. The fraction of sp³-hybridized carbons (Fsp3) is 0. The van der Waals surface area contributed by atoms with Gasteiger partial charge in [0.15, 0.2) is 0 Å². The number of carbonyl (C=O) groups excluding carboxylic acids is 1. The Balaban J connectivity index is 1.78. The van der Waals surface area contributed by atoms with Gasteiger partial charge in [-0.05, 0) is 12.1 Å². The van der Waals surface area contributed by atoms with Crippen molar-refractivity contribution in [1.82, 2.24) is 4.98 Å². The van der Waals surface area contributed by atoms with Gasteiger partial charge >= 0.3 is 0 Å². The highest BCUT2D eigenvalue weighted by Crippen LogP contribution is 2.24. The quantitative estimate of drug-likeness (QED) is 0.773. The molecule has 104 valence electrons. The van der Waals surface area contributed by atoms with Crippen molar-refractivity contribution >= 4 is 22.9 Å². The lowest BCUT2D eigenvalue weighted by Gasteiger charge is -2.03. The van der Waals surface area contributed by atoms with Crippen molar-refractivity contribution in [2.24, 2.45) is 0 Å². The summed E-state index contributed by atoms with van der Waals surface area (Å²) in [5.41, 5.74) is 1.88. The van der Waals surface area contributed by atoms with Gasteiger partial charge in [0, 0.05) is 22.7 Å². The number of aromatic hydroxyl groups is 1. The Morgan fingerprint density at radius 3 is 2.67 bits per heavy atom. The summed E-state index contributed by atoms with van der Waals surface area (Å²) in [6.07, 6.45) is 0. The summed E-state index contributed by atoms with van der Waals surface area (Å²) in [5, 5.41) is 14.6. The topological polar surface area (TPSA) is 62.2 Å². The molecule has 4 nitrogen and oxygen atoms in total. The number of amides is 1. The summed E-state index contributed by atoms with van der Waals surface area (Å²) in [4.78, 5) is 16.5. The molecule has 3 rings (SSSR count). The molecule has 0 saturated carbocycles. The van der Waals surface area contributed by atoms with Gasteiger partial charge in [0.1, 0.15) is 16.5 Å². The molecule has 1 aromatic heterocycles. The first-order valence-electron chi connectivity index (χ1n) is 6.34. The predicted octanol–water partition coefficient (Wildman–Crippen LogP) is 3.77. The molecule has 1 heterocycles. The maximum atomic E-state index is 12.1. The standard InChI is InChI=1S/C16H12N2O2S/c19-13-8-4-7-12(9-13)17-15(20)14-10-21-16(18-14)11-5-2-1-3-6-11/h1-10,19H,(H,17,20). The van der Waals surface area contributed by atoms with E-state index >= 15 is 0 Å². The zero-order chi connectivity index (χ0) is 14.7. The van der Waals surface area contributed by atoms with Crippen LogP contribution in [-0.2, 0) is 0 Å². The summed E-state index contributed by atoms with van der Waals surface area (Å²) >= 11 is 1.42. The maximum Gasteiger partial charge on any atom is 0.275 e. The van der Waals surface area contributed by atoms with Crippen LogP contribution in [0.4, 0.5) is 5.69 Å².